The molecule has 1 aliphatic rings. The second kappa shape index (κ2) is 9.13. The Kier molecular flexibility index (Phi) is 6.36. The van der Waals surface area contributed by atoms with E-state index in [9.17, 15) is 45.6 Å². The minimum atomic E-state index is -1.88. The fourth-order valence-electron chi connectivity index (χ4n) is 3.73. The molecule has 0 amide bonds. The molecule has 13 heteroatoms. The Morgan fingerprint density at radius 2 is 1.66 bits per heavy atom. The summed E-state index contributed by atoms with van der Waals surface area (Å²) in [5.41, 5.74) is -1.35. The Hall–Kier alpha value is -3.75. The van der Waals surface area contributed by atoms with E-state index >= 15 is 0 Å². The fraction of sp³-hybridized carbons (Fsp3) is 0.318. The van der Waals surface area contributed by atoms with Gasteiger partial charge in [0, 0.05) is 17.7 Å². The molecule has 2 heterocycles. The molecule has 35 heavy (non-hydrogen) atoms. The van der Waals surface area contributed by atoms with E-state index in [4.69, 9.17) is 18.6 Å². The number of aromatic hydroxyl groups is 4. The normalized spacial score (nSPS) is 24.4. The average molecular weight is 494 g/mol. The number of phenols is 4. The Morgan fingerprint density at radius 1 is 0.943 bits per heavy atom. The van der Waals surface area contributed by atoms with Gasteiger partial charge in [-0.15, -0.1) is 0 Å². The Morgan fingerprint density at radius 3 is 2.31 bits per heavy atom. The molecule has 1 aliphatic heterocycles. The summed E-state index contributed by atoms with van der Waals surface area (Å²) in [6.07, 6.45) is -8.53. The van der Waals surface area contributed by atoms with Crippen LogP contribution in [-0.4, -0.2) is 85.3 Å². The van der Waals surface area contributed by atoms with Crippen LogP contribution in [0.3, 0.4) is 0 Å². The molecular weight excluding hydrogens is 472 g/mol. The summed E-state index contributed by atoms with van der Waals surface area (Å²) >= 11 is 0. The van der Waals surface area contributed by atoms with Gasteiger partial charge in [0.1, 0.15) is 46.9 Å². The van der Waals surface area contributed by atoms with Crippen molar-refractivity contribution in [3.8, 4) is 45.8 Å². The number of hydrogen-bond donors (Lipinski definition) is 8. The standard InChI is InChI=1S/C22H22O13/c1-32-12-3-7(2-10(26)15(12)27)20-21(17(29)14-9(25)4-8(24)5-11(14)33-20)35-22-19(31)18(30)16(28)13(6-23)34-22/h2-5,13,16,18-19,22-28,30-31H,6H2,1H3/t13-,16-,18+,19-,22-/m0/s1. The molecule has 188 valence electrons. The Balaban J connectivity index is 1.94. The number of benzene rings is 2. The second-order valence-electron chi connectivity index (χ2n) is 7.79. The molecule has 1 aromatic heterocycles. The Labute approximate surface area is 195 Å². The minimum absolute atomic E-state index is 0.0708. The molecule has 0 radical (unpaired) electrons. The number of rotatable bonds is 5. The number of methoxy groups -OCH3 is 1. The van der Waals surface area contributed by atoms with Crippen molar-refractivity contribution in [1.29, 1.82) is 0 Å². The molecule has 0 aliphatic carbocycles. The first-order chi connectivity index (χ1) is 16.6. The molecule has 3 aromatic rings. The zero-order chi connectivity index (χ0) is 25.6. The summed E-state index contributed by atoms with van der Waals surface area (Å²) in [6, 6.07) is 4.10. The van der Waals surface area contributed by atoms with Crippen molar-refractivity contribution in [3.63, 3.8) is 0 Å². The highest BCUT2D eigenvalue weighted by atomic mass is 16.7. The van der Waals surface area contributed by atoms with E-state index in [1.807, 2.05) is 0 Å². The van der Waals surface area contributed by atoms with Crippen LogP contribution in [0, 0.1) is 0 Å². The van der Waals surface area contributed by atoms with Crippen LogP contribution < -0.4 is 14.9 Å². The molecule has 4 rings (SSSR count). The molecule has 13 nitrogen and oxygen atoms in total. The van der Waals surface area contributed by atoms with Gasteiger partial charge in [-0.3, -0.25) is 4.79 Å². The first-order valence-corrected chi connectivity index (χ1v) is 10.2. The second-order valence-corrected chi connectivity index (χ2v) is 7.79. The van der Waals surface area contributed by atoms with Gasteiger partial charge in [-0.05, 0) is 12.1 Å². The lowest BCUT2D eigenvalue weighted by Gasteiger charge is -2.39. The van der Waals surface area contributed by atoms with Crippen LogP contribution in [-0.2, 0) is 4.74 Å². The predicted molar refractivity (Wildman–Crippen MR) is 116 cm³/mol. The van der Waals surface area contributed by atoms with Crippen LogP contribution in [0.25, 0.3) is 22.3 Å². The maximum atomic E-state index is 13.4. The van der Waals surface area contributed by atoms with Crippen LogP contribution in [0.15, 0.2) is 33.5 Å². The topological polar surface area (TPSA) is 220 Å². The largest absolute Gasteiger partial charge is 0.508 e. The summed E-state index contributed by atoms with van der Waals surface area (Å²) in [7, 11) is 1.20. The van der Waals surface area contributed by atoms with Crippen LogP contribution in [0.4, 0.5) is 0 Å². The molecule has 5 atom stereocenters. The minimum Gasteiger partial charge on any atom is -0.508 e. The van der Waals surface area contributed by atoms with Crippen LogP contribution in [0.5, 0.6) is 34.5 Å². The van der Waals surface area contributed by atoms with Crippen LogP contribution >= 0.6 is 0 Å². The van der Waals surface area contributed by atoms with Crippen molar-refractivity contribution in [2.24, 2.45) is 0 Å². The SMILES string of the molecule is COc1cc(-c2oc3cc(O)cc(O)c3c(=O)c2O[C@@H]2O[C@@H](CO)[C@H](O)[C@@H](O)[C@@H]2O)cc(O)c1O. The summed E-state index contributed by atoms with van der Waals surface area (Å²) in [5, 5.41) is 79.5. The van der Waals surface area contributed by atoms with Crippen molar-refractivity contribution in [2.75, 3.05) is 13.7 Å². The van der Waals surface area contributed by atoms with Crippen molar-refractivity contribution in [2.45, 2.75) is 30.7 Å². The molecule has 1 saturated heterocycles. The summed E-state index contributed by atoms with van der Waals surface area (Å²) in [6.45, 7) is -0.757. The highest BCUT2D eigenvalue weighted by molar-refractivity contribution is 5.88. The lowest BCUT2D eigenvalue weighted by atomic mass is 9.99. The monoisotopic (exact) mass is 494 g/mol. The van der Waals surface area contributed by atoms with Crippen molar-refractivity contribution < 1.29 is 59.5 Å². The van der Waals surface area contributed by atoms with E-state index in [0.29, 0.717) is 0 Å². The molecule has 0 spiro atoms. The quantitative estimate of drug-likeness (QED) is 0.209. The smallest absolute Gasteiger partial charge is 0.239 e. The third kappa shape index (κ3) is 4.15. The van der Waals surface area contributed by atoms with E-state index in [-0.39, 0.29) is 16.9 Å². The Bertz CT molecular complexity index is 1320. The molecule has 0 saturated carbocycles. The number of phenolic OH excluding ortho intramolecular Hbond substituents is 4. The zero-order valence-corrected chi connectivity index (χ0v) is 18.0. The number of fused-ring (bicyclic) bond motifs is 1. The first-order valence-electron chi connectivity index (χ1n) is 10.2. The van der Waals surface area contributed by atoms with Gasteiger partial charge < -0.3 is 59.5 Å². The van der Waals surface area contributed by atoms with Crippen LogP contribution in [0.2, 0.25) is 0 Å². The van der Waals surface area contributed by atoms with Gasteiger partial charge in [0.2, 0.25) is 23.2 Å². The average Bonchev–Trinajstić information content (AvgIpc) is 2.81. The van der Waals surface area contributed by atoms with Gasteiger partial charge in [0.25, 0.3) is 0 Å². The number of hydrogen-bond acceptors (Lipinski definition) is 13. The summed E-state index contributed by atoms with van der Waals surface area (Å²) < 4.78 is 21.6. The number of aliphatic hydroxyl groups excluding tert-OH is 4. The number of ether oxygens (including phenoxy) is 3. The molecule has 2 aromatic carbocycles. The predicted octanol–water partition coefficient (Wildman–Crippen LogP) is -0.530. The highest BCUT2D eigenvalue weighted by Gasteiger charge is 2.45. The molecule has 1 fully saturated rings. The maximum absolute atomic E-state index is 13.4. The summed E-state index contributed by atoms with van der Waals surface area (Å²) in [5.74, 6) is -3.64. The van der Waals surface area contributed by atoms with Crippen molar-refractivity contribution in [3.05, 3.63) is 34.5 Å². The van der Waals surface area contributed by atoms with E-state index in [2.05, 4.69) is 0 Å². The van der Waals surface area contributed by atoms with E-state index in [0.717, 1.165) is 18.2 Å². The highest BCUT2D eigenvalue weighted by Crippen LogP contribution is 2.43. The lowest BCUT2D eigenvalue weighted by Crippen LogP contribution is -2.60. The first kappa shape index (κ1) is 24.4. The summed E-state index contributed by atoms with van der Waals surface area (Å²) in [4.78, 5) is 13.4. The van der Waals surface area contributed by atoms with Crippen molar-refractivity contribution in [1.82, 2.24) is 0 Å². The van der Waals surface area contributed by atoms with Gasteiger partial charge >= 0.3 is 0 Å². The van der Waals surface area contributed by atoms with Crippen LogP contribution in [0.1, 0.15) is 0 Å². The van der Waals surface area contributed by atoms with E-state index in [1.54, 1.807) is 0 Å². The van der Waals surface area contributed by atoms with Gasteiger partial charge in [-0.1, -0.05) is 0 Å². The van der Waals surface area contributed by atoms with E-state index < -0.39 is 82.6 Å². The van der Waals surface area contributed by atoms with Crippen molar-refractivity contribution >= 4 is 11.0 Å². The fourth-order valence-corrected chi connectivity index (χ4v) is 3.73. The molecule has 0 unspecified atom stereocenters. The maximum Gasteiger partial charge on any atom is 0.239 e. The van der Waals surface area contributed by atoms with Gasteiger partial charge in [-0.25, -0.2) is 0 Å². The van der Waals surface area contributed by atoms with E-state index in [1.165, 1.54) is 13.2 Å². The van der Waals surface area contributed by atoms with Gasteiger partial charge in [0.15, 0.2) is 17.3 Å². The lowest BCUT2D eigenvalue weighted by molar-refractivity contribution is -0.277. The zero-order valence-electron chi connectivity index (χ0n) is 18.0. The van der Waals surface area contributed by atoms with Gasteiger partial charge in [0.05, 0.1) is 13.7 Å². The molecule has 0 bridgehead atoms. The number of aliphatic hydroxyl groups is 4. The third-order valence-electron chi connectivity index (χ3n) is 5.54. The molecular formula is C22H22O13. The molecule has 8 N–H and O–H groups in total. The van der Waals surface area contributed by atoms with Gasteiger partial charge in [-0.2, -0.15) is 0 Å². The third-order valence-corrected chi connectivity index (χ3v) is 5.54.